The van der Waals surface area contributed by atoms with Crippen LogP contribution in [0.5, 0.6) is 0 Å². The maximum atomic E-state index is 5.90. The third-order valence-corrected chi connectivity index (χ3v) is 2.71. The van der Waals surface area contributed by atoms with Gasteiger partial charge in [-0.15, -0.1) is 10.2 Å². The van der Waals surface area contributed by atoms with E-state index in [4.69, 9.17) is 10.2 Å². The molecule has 0 saturated carbocycles. The third kappa shape index (κ3) is 2.76. The molecule has 0 radical (unpaired) electrons. The van der Waals surface area contributed by atoms with Gasteiger partial charge < -0.3 is 10.2 Å². The van der Waals surface area contributed by atoms with Crippen LogP contribution in [0.4, 0.5) is 0 Å². The number of likely N-dealkylation sites (tertiary alicyclic amines) is 1. The Hall–Kier alpha value is -0.940. The minimum absolute atomic E-state index is 0.298. The number of hydrogen-bond donors (Lipinski definition) is 1. The maximum absolute atomic E-state index is 5.90. The molecule has 2 heterocycles. The Morgan fingerprint density at radius 2 is 2.27 bits per heavy atom. The van der Waals surface area contributed by atoms with Crippen LogP contribution in [0.3, 0.4) is 0 Å². The lowest BCUT2D eigenvalue weighted by Crippen LogP contribution is -2.42. The first-order chi connectivity index (χ1) is 7.28. The second kappa shape index (κ2) is 4.72. The lowest BCUT2D eigenvalue weighted by atomic mass is 10.1. The molecule has 0 amide bonds. The van der Waals surface area contributed by atoms with Gasteiger partial charge in [-0.05, 0) is 19.4 Å². The standard InChI is InChI=1S/C10H18N4O/c1-2-9-12-13-10(15-9)7-14-5-3-4-8(11)6-14/h8H,2-7,11H2,1H3/t8-/m1/s1. The van der Waals surface area contributed by atoms with E-state index in [2.05, 4.69) is 15.1 Å². The van der Waals surface area contributed by atoms with E-state index >= 15 is 0 Å². The number of aromatic nitrogens is 2. The largest absolute Gasteiger partial charge is 0.424 e. The molecule has 84 valence electrons. The SMILES string of the molecule is CCc1nnc(CN2CCC[C@@H](N)C2)o1. The molecule has 1 saturated heterocycles. The summed E-state index contributed by atoms with van der Waals surface area (Å²) in [5, 5.41) is 7.95. The fraction of sp³-hybridized carbons (Fsp3) is 0.800. The monoisotopic (exact) mass is 210 g/mol. The fourth-order valence-corrected chi connectivity index (χ4v) is 1.92. The van der Waals surface area contributed by atoms with Crippen molar-refractivity contribution in [3.8, 4) is 0 Å². The normalized spacial score (nSPS) is 23.2. The van der Waals surface area contributed by atoms with Crippen molar-refractivity contribution >= 4 is 0 Å². The number of hydrogen-bond acceptors (Lipinski definition) is 5. The van der Waals surface area contributed by atoms with Gasteiger partial charge in [0.25, 0.3) is 0 Å². The summed E-state index contributed by atoms with van der Waals surface area (Å²) in [7, 11) is 0. The van der Waals surface area contributed by atoms with Crippen LogP contribution in [0.15, 0.2) is 4.42 Å². The third-order valence-electron chi connectivity index (χ3n) is 2.71. The molecule has 1 aliphatic rings. The molecule has 5 heteroatoms. The Labute approximate surface area is 89.6 Å². The summed E-state index contributed by atoms with van der Waals surface area (Å²) in [4.78, 5) is 2.28. The zero-order chi connectivity index (χ0) is 10.7. The Morgan fingerprint density at radius 1 is 1.47 bits per heavy atom. The Bertz CT molecular complexity index is 312. The van der Waals surface area contributed by atoms with Crippen LogP contribution in [0, 0.1) is 0 Å². The van der Waals surface area contributed by atoms with Gasteiger partial charge in [0.2, 0.25) is 11.8 Å². The van der Waals surface area contributed by atoms with Crippen molar-refractivity contribution in [1.82, 2.24) is 15.1 Å². The molecule has 0 unspecified atom stereocenters. The number of aryl methyl sites for hydroxylation is 1. The van der Waals surface area contributed by atoms with Gasteiger partial charge in [-0.2, -0.15) is 0 Å². The van der Waals surface area contributed by atoms with Gasteiger partial charge in [0, 0.05) is 19.0 Å². The van der Waals surface area contributed by atoms with E-state index in [1.807, 2.05) is 6.92 Å². The molecule has 5 nitrogen and oxygen atoms in total. The minimum atomic E-state index is 0.298. The average molecular weight is 210 g/mol. The van der Waals surface area contributed by atoms with Gasteiger partial charge in [0.15, 0.2) is 0 Å². The van der Waals surface area contributed by atoms with Crippen molar-refractivity contribution in [2.45, 2.75) is 38.8 Å². The summed E-state index contributed by atoms with van der Waals surface area (Å²) in [5.41, 5.74) is 5.90. The van der Waals surface area contributed by atoms with E-state index in [0.717, 1.165) is 38.9 Å². The van der Waals surface area contributed by atoms with E-state index in [1.54, 1.807) is 0 Å². The Balaban J connectivity index is 1.90. The van der Waals surface area contributed by atoms with Crippen molar-refractivity contribution in [2.75, 3.05) is 13.1 Å². The molecular weight excluding hydrogens is 192 g/mol. The first-order valence-electron chi connectivity index (χ1n) is 5.57. The summed E-state index contributed by atoms with van der Waals surface area (Å²) >= 11 is 0. The van der Waals surface area contributed by atoms with Gasteiger partial charge in [-0.25, -0.2) is 0 Å². The van der Waals surface area contributed by atoms with E-state index < -0.39 is 0 Å². The molecule has 2 N–H and O–H groups in total. The molecule has 0 bridgehead atoms. The maximum Gasteiger partial charge on any atom is 0.230 e. The molecule has 2 rings (SSSR count). The minimum Gasteiger partial charge on any atom is -0.424 e. The van der Waals surface area contributed by atoms with Crippen molar-refractivity contribution < 1.29 is 4.42 Å². The Morgan fingerprint density at radius 3 is 2.93 bits per heavy atom. The average Bonchev–Trinajstić information content (AvgIpc) is 2.65. The zero-order valence-corrected chi connectivity index (χ0v) is 9.15. The summed E-state index contributed by atoms with van der Waals surface area (Å²) in [6.45, 7) is 4.76. The molecule has 1 fully saturated rings. The van der Waals surface area contributed by atoms with E-state index in [1.165, 1.54) is 0 Å². The summed E-state index contributed by atoms with van der Waals surface area (Å²) in [6.07, 6.45) is 3.09. The summed E-state index contributed by atoms with van der Waals surface area (Å²) in [6, 6.07) is 0.298. The second-order valence-electron chi connectivity index (χ2n) is 4.08. The number of nitrogens with two attached hydrogens (primary N) is 1. The molecule has 1 atom stereocenters. The van der Waals surface area contributed by atoms with Crippen molar-refractivity contribution in [3.63, 3.8) is 0 Å². The molecule has 0 aliphatic carbocycles. The lowest BCUT2D eigenvalue weighted by molar-refractivity contribution is 0.183. The molecule has 1 aromatic heterocycles. The molecule has 15 heavy (non-hydrogen) atoms. The van der Waals surface area contributed by atoms with Crippen molar-refractivity contribution in [1.29, 1.82) is 0 Å². The van der Waals surface area contributed by atoms with Gasteiger partial charge in [0.05, 0.1) is 6.54 Å². The van der Waals surface area contributed by atoms with Crippen LogP contribution in [-0.2, 0) is 13.0 Å². The van der Waals surface area contributed by atoms with Gasteiger partial charge in [-0.3, -0.25) is 4.90 Å². The second-order valence-corrected chi connectivity index (χ2v) is 4.08. The number of piperidine rings is 1. The van der Waals surface area contributed by atoms with Crippen LogP contribution >= 0.6 is 0 Å². The Kier molecular flexibility index (Phi) is 3.33. The predicted molar refractivity (Wildman–Crippen MR) is 56.2 cm³/mol. The van der Waals surface area contributed by atoms with Gasteiger partial charge in [-0.1, -0.05) is 6.92 Å². The van der Waals surface area contributed by atoms with Crippen molar-refractivity contribution in [3.05, 3.63) is 11.8 Å². The fourth-order valence-electron chi connectivity index (χ4n) is 1.92. The smallest absolute Gasteiger partial charge is 0.230 e. The highest BCUT2D eigenvalue weighted by Gasteiger charge is 2.18. The molecule has 0 spiro atoms. The number of rotatable bonds is 3. The lowest BCUT2D eigenvalue weighted by Gasteiger charge is -2.29. The summed E-state index contributed by atoms with van der Waals surface area (Å²) < 4.78 is 5.47. The highest BCUT2D eigenvalue weighted by atomic mass is 16.4. The molecule has 1 aliphatic heterocycles. The molecule has 0 aromatic carbocycles. The van der Waals surface area contributed by atoms with E-state index in [0.29, 0.717) is 17.8 Å². The number of nitrogens with zero attached hydrogens (tertiary/aromatic N) is 3. The van der Waals surface area contributed by atoms with Crippen LogP contribution in [0.2, 0.25) is 0 Å². The van der Waals surface area contributed by atoms with E-state index in [-0.39, 0.29) is 0 Å². The van der Waals surface area contributed by atoms with Crippen LogP contribution < -0.4 is 5.73 Å². The highest BCUT2D eigenvalue weighted by Crippen LogP contribution is 2.11. The zero-order valence-electron chi connectivity index (χ0n) is 9.15. The predicted octanol–water partition coefficient (Wildman–Crippen LogP) is 0.555. The first-order valence-corrected chi connectivity index (χ1v) is 5.57. The first kappa shape index (κ1) is 10.6. The quantitative estimate of drug-likeness (QED) is 0.789. The van der Waals surface area contributed by atoms with Crippen LogP contribution in [-0.4, -0.2) is 34.2 Å². The molecular formula is C10H18N4O. The highest BCUT2D eigenvalue weighted by molar-refractivity contribution is 4.84. The van der Waals surface area contributed by atoms with Gasteiger partial charge >= 0.3 is 0 Å². The topological polar surface area (TPSA) is 68.2 Å². The van der Waals surface area contributed by atoms with Crippen LogP contribution in [0.25, 0.3) is 0 Å². The summed E-state index contributed by atoms with van der Waals surface area (Å²) in [5.74, 6) is 1.42. The van der Waals surface area contributed by atoms with Crippen molar-refractivity contribution in [2.24, 2.45) is 5.73 Å². The van der Waals surface area contributed by atoms with Crippen LogP contribution in [0.1, 0.15) is 31.5 Å². The van der Waals surface area contributed by atoms with Gasteiger partial charge in [0.1, 0.15) is 0 Å². The van der Waals surface area contributed by atoms with E-state index in [9.17, 15) is 0 Å². The molecule has 1 aromatic rings.